The van der Waals surface area contributed by atoms with E-state index in [2.05, 4.69) is 0 Å². The van der Waals surface area contributed by atoms with Crippen molar-refractivity contribution in [1.82, 2.24) is 4.90 Å². The molecule has 2 fully saturated rings. The standard InChI is InChI=1S/C28H29N3O7/c1-31(2)21-17-10-13-8-16-15(12-6-4-3-5-7-12)9-14(11-29)22(32)19(16)23(33)18(13)25(35)28(17,38)26(36)20(24(21)34)27(30)37/h3-7,9,13,17-18,20-21,32,38H,8,10-11,29H2,1-2H3,(H2,30,37)/t13-,17-,18?,20?,21-,28-/m1/s1. The van der Waals surface area contributed by atoms with Gasteiger partial charge in [-0.25, -0.2) is 0 Å². The Balaban J connectivity index is 1.70. The summed E-state index contributed by atoms with van der Waals surface area (Å²) < 4.78 is 0. The van der Waals surface area contributed by atoms with Crippen LogP contribution in [0.4, 0.5) is 0 Å². The SMILES string of the molecule is CN(C)[C@H]1C(=O)C(C(N)=O)C(=O)[C@]2(O)C(=O)C3C(=O)c4c(O)c(CN)cc(-c5ccccc5)c4C[C@@H]3C[C@H]12. The van der Waals surface area contributed by atoms with Gasteiger partial charge in [-0.1, -0.05) is 30.3 Å². The lowest BCUT2D eigenvalue weighted by Gasteiger charge is -2.52. The Morgan fingerprint density at radius 3 is 2.34 bits per heavy atom. The normalized spacial score (nSPS) is 30.6. The maximum absolute atomic E-state index is 13.9. The summed E-state index contributed by atoms with van der Waals surface area (Å²) in [6.45, 7) is -0.0638. The van der Waals surface area contributed by atoms with E-state index in [1.54, 1.807) is 20.2 Å². The molecule has 2 aromatic carbocycles. The predicted octanol–water partition coefficient (Wildman–Crippen LogP) is -0.00730. The summed E-state index contributed by atoms with van der Waals surface area (Å²) in [5.41, 5.74) is 10.7. The van der Waals surface area contributed by atoms with Crippen LogP contribution in [-0.2, 0) is 32.1 Å². The molecule has 3 aliphatic carbocycles. The van der Waals surface area contributed by atoms with Gasteiger partial charge in [0.05, 0.1) is 17.5 Å². The first-order valence-corrected chi connectivity index (χ1v) is 12.4. The summed E-state index contributed by atoms with van der Waals surface area (Å²) in [6.07, 6.45) is 0.187. The Hall–Kier alpha value is -3.73. The first kappa shape index (κ1) is 25.9. The molecule has 0 saturated heterocycles. The molecular formula is C28H29N3O7. The molecule has 0 bridgehead atoms. The van der Waals surface area contributed by atoms with Crippen molar-refractivity contribution < 1.29 is 34.2 Å². The second-order valence-corrected chi connectivity index (χ2v) is 10.6. The smallest absolute Gasteiger partial charge is 0.235 e. The van der Waals surface area contributed by atoms with Gasteiger partial charge in [-0.15, -0.1) is 0 Å². The first-order valence-electron chi connectivity index (χ1n) is 12.4. The number of primary amides is 1. The van der Waals surface area contributed by atoms with Gasteiger partial charge in [0, 0.05) is 18.0 Å². The molecule has 2 unspecified atom stereocenters. The van der Waals surface area contributed by atoms with Crippen LogP contribution in [0.5, 0.6) is 5.75 Å². The zero-order chi connectivity index (χ0) is 27.7. The third-order valence-electron chi connectivity index (χ3n) is 8.44. The predicted molar refractivity (Wildman–Crippen MR) is 135 cm³/mol. The minimum Gasteiger partial charge on any atom is -0.507 e. The van der Waals surface area contributed by atoms with Gasteiger partial charge in [0.15, 0.2) is 34.7 Å². The fourth-order valence-electron chi connectivity index (χ4n) is 6.76. The maximum atomic E-state index is 13.9. The van der Waals surface area contributed by atoms with E-state index in [1.165, 1.54) is 4.90 Å². The van der Waals surface area contributed by atoms with E-state index in [4.69, 9.17) is 11.5 Å². The van der Waals surface area contributed by atoms with Crippen molar-refractivity contribution in [1.29, 1.82) is 0 Å². The summed E-state index contributed by atoms with van der Waals surface area (Å²) in [5.74, 6) is -10.7. The van der Waals surface area contributed by atoms with Crippen molar-refractivity contribution >= 4 is 29.0 Å². The Morgan fingerprint density at radius 2 is 1.76 bits per heavy atom. The van der Waals surface area contributed by atoms with Gasteiger partial charge in [0.2, 0.25) is 5.91 Å². The number of Topliss-reactive ketones (excluding diaryl/α,β-unsaturated/α-hetero) is 4. The summed E-state index contributed by atoms with van der Waals surface area (Å²) in [6, 6.07) is 9.83. The number of phenolic OH excluding ortho intramolecular Hbond substituents is 1. The van der Waals surface area contributed by atoms with E-state index in [1.807, 2.05) is 30.3 Å². The van der Waals surface area contributed by atoms with Crippen LogP contribution in [-0.4, -0.2) is 69.9 Å². The Labute approximate surface area is 218 Å². The Bertz CT molecular complexity index is 1400. The lowest BCUT2D eigenvalue weighted by atomic mass is 9.52. The summed E-state index contributed by atoms with van der Waals surface area (Å²) in [7, 11) is 3.10. The van der Waals surface area contributed by atoms with Gasteiger partial charge in [0.25, 0.3) is 0 Å². The van der Waals surface area contributed by atoms with Gasteiger partial charge < -0.3 is 21.7 Å². The molecule has 6 N–H and O–H groups in total. The van der Waals surface area contributed by atoms with Gasteiger partial charge >= 0.3 is 0 Å². The number of fused-ring (bicyclic) bond motifs is 3. The highest BCUT2D eigenvalue weighted by Crippen LogP contribution is 2.52. The minimum atomic E-state index is -2.75. The number of hydrogen-bond donors (Lipinski definition) is 4. The third-order valence-corrected chi connectivity index (χ3v) is 8.44. The van der Waals surface area contributed by atoms with Crippen molar-refractivity contribution in [3.05, 3.63) is 53.1 Å². The zero-order valence-electron chi connectivity index (χ0n) is 21.0. The summed E-state index contributed by atoms with van der Waals surface area (Å²) >= 11 is 0. The van der Waals surface area contributed by atoms with Gasteiger partial charge in [-0.2, -0.15) is 0 Å². The average molecular weight is 520 g/mol. The van der Waals surface area contributed by atoms with Crippen LogP contribution in [0.3, 0.4) is 0 Å². The molecule has 0 radical (unpaired) electrons. The maximum Gasteiger partial charge on any atom is 0.235 e. The second-order valence-electron chi connectivity index (χ2n) is 10.6. The number of aliphatic hydroxyl groups is 1. The molecule has 5 rings (SSSR count). The first-order chi connectivity index (χ1) is 17.9. The van der Waals surface area contributed by atoms with Crippen molar-refractivity contribution in [3.63, 3.8) is 0 Å². The lowest BCUT2D eigenvalue weighted by Crippen LogP contribution is -2.74. The molecule has 0 aromatic heterocycles. The van der Waals surface area contributed by atoms with E-state index in [0.717, 1.165) is 5.56 Å². The number of benzene rings is 2. The number of ketones is 4. The number of hydrogen-bond acceptors (Lipinski definition) is 9. The minimum absolute atomic E-state index is 0.00245. The van der Waals surface area contributed by atoms with Crippen molar-refractivity contribution in [2.75, 3.05) is 14.1 Å². The highest BCUT2D eigenvalue weighted by Gasteiger charge is 2.69. The molecule has 6 atom stereocenters. The molecular weight excluding hydrogens is 490 g/mol. The van der Waals surface area contributed by atoms with Gasteiger partial charge in [-0.3, -0.25) is 28.9 Å². The number of likely N-dealkylation sites (N-methyl/N-ethyl adjacent to an activating group) is 1. The molecule has 198 valence electrons. The molecule has 10 nitrogen and oxygen atoms in total. The van der Waals surface area contributed by atoms with Crippen molar-refractivity contribution in [2.24, 2.45) is 35.1 Å². The Morgan fingerprint density at radius 1 is 1.11 bits per heavy atom. The fourth-order valence-corrected chi connectivity index (χ4v) is 6.76. The summed E-state index contributed by atoms with van der Waals surface area (Å²) in [4.78, 5) is 68.0. The number of carbonyl (C=O) groups is 5. The zero-order valence-corrected chi connectivity index (χ0v) is 21.0. The molecule has 2 aromatic rings. The van der Waals surface area contributed by atoms with E-state index in [-0.39, 0.29) is 30.7 Å². The molecule has 10 heteroatoms. The number of nitrogens with two attached hydrogens (primary N) is 2. The van der Waals surface area contributed by atoms with Crippen LogP contribution in [0, 0.1) is 23.7 Å². The number of phenols is 1. The second kappa shape index (κ2) is 8.93. The number of rotatable bonds is 4. The topological polar surface area (TPSA) is 181 Å². The Kier molecular flexibility index (Phi) is 6.09. The molecule has 0 spiro atoms. The van der Waals surface area contributed by atoms with Crippen molar-refractivity contribution in [2.45, 2.75) is 31.0 Å². The van der Waals surface area contributed by atoms with Crippen LogP contribution in [0.1, 0.15) is 27.9 Å². The number of aromatic hydroxyl groups is 1. The molecule has 38 heavy (non-hydrogen) atoms. The van der Waals surface area contributed by atoms with Crippen LogP contribution in [0.2, 0.25) is 0 Å². The van der Waals surface area contributed by atoms with Gasteiger partial charge in [0.1, 0.15) is 5.75 Å². The quantitative estimate of drug-likeness (QED) is 0.404. The molecule has 3 aliphatic rings. The third kappa shape index (κ3) is 3.40. The van der Waals surface area contributed by atoms with Crippen LogP contribution in [0.15, 0.2) is 36.4 Å². The molecule has 1 amide bonds. The lowest BCUT2D eigenvalue weighted by molar-refractivity contribution is -0.181. The average Bonchev–Trinajstić information content (AvgIpc) is 2.86. The van der Waals surface area contributed by atoms with Crippen LogP contribution >= 0.6 is 0 Å². The highest BCUT2D eigenvalue weighted by molar-refractivity contribution is 6.32. The monoisotopic (exact) mass is 519 g/mol. The van der Waals surface area contributed by atoms with E-state index in [9.17, 15) is 34.2 Å². The number of nitrogens with zero attached hydrogens (tertiary/aromatic N) is 1. The molecule has 0 heterocycles. The van der Waals surface area contributed by atoms with E-state index >= 15 is 0 Å². The van der Waals surface area contributed by atoms with E-state index < -0.39 is 64.4 Å². The van der Waals surface area contributed by atoms with Crippen molar-refractivity contribution in [3.8, 4) is 16.9 Å². The largest absolute Gasteiger partial charge is 0.507 e. The van der Waals surface area contributed by atoms with Crippen LogP contribution in [0.25, 0.3) is 11.1 Å². The highest BCUT2D eigenvalue weighted by atomic mass is 16.3. The molecule has 0 aliphatic heterocycles. The summed E-state index contributed by atoms with van der Waals surface area (Å²) in [5, 5.41) is 22.7. The van der Waals surface area contributed by atoms with Gasteiger partial charge in [-0.05, 0) is 55.6 Å². The number of carbonyl (C=O) groups excluding carboxylic acids is 5. The van der Waals surface area contributed by atoms with Crippen LogP contribution < -0.4 is 11.5 Å². The fraction of sp³-hybridized carbons (Fsp3) is 0.393. The molecule has 2 saturated carbocycles. The number of amides is 1. The van der Waals surface area contributed by atoms with E-state index in [0.29, 0.717) is 16.7 Å².